The van der Waals surface area contributed by atoms with E-state index in [1.54, 1.807) is 0 Å². The van der Waals surface area contributed by atoms with Gasteiger partial charge in [0.15, 0.2) is 11.5 Å². The molecule has 1 aromatic rings. The van der Waals surface area contributed by atoms with E-state index in [1.165, 1.54) is 18.2 Å². The molecule has 0 bridgehead atoms. The summed E-state index contributed by atoms with van der Waals surface area (Å²) in [5.41, 5.74) is 0.697. The summed E-state index contributed by atoms with van der Waals surface area (Å²) in [6.45, 7) is 18.4. The molecule has 5 fully saturated rings. The third-order valence-electron chi connectivity index (χ3n) is 14.6. The summed E-state index contributed by atoms with van der Waals surface area (Å²) in [4.78, 5) is 26.2. The van der Waals surface area contributed by atoms with Gasteiger partial charge < -0.3 is 20.1 Å². The summed E-state index contributed by atoms with van der Waals surface area (Å²) >= 11 is 0. The lowest BCUT2D eigenvalue weighted by Crippen LogP contribution is -2.64. The van der Waals surface area contributed by atoms with E-state index in [9.17, 15) is 24.9 Å². The van der Waals surface area contributed by atoms with Gasteiger partial charge in [-0.3, -0.25) is 4.79 Å². The summed E-state index contributed by atoms with van der Waals surface area (Å²) in [5, 5.41) is 30.3. The minimum absolute atomic E-state index is 0.00269. The molecule has 0 heterocycles. The second kappa shape index (κ2) is 9.25. The first-order valence-corrected chi connectivity index (χ1v) is 16.1. The molecule has 5 aliphatic carbocycles. The Hall–Kier alpha value is -2.50. The highest BCUT2D eigenvalue weighted by Crippen LogP contribution is 2.78. The minimum atomic E-state index is -0.616. The quantitative estimate of drug-likeness (QED) is 0.190. The number of aromatic hydroxyl groups is 2. The van der Waals surface area contributed by atoms with Gasteiger partial charge in [-0.1, -0.05) is 46.8 Å². The molecule has 0 saturated heterocycles. The van der Waals surface area contributed by atoms with Gasteiger partial charge in [0.25, 0.3) is 0 Å². The number of esters is 1. The molecular weight excluding hydrogens is 528 g/mol. The molecule has 0 spiro atoms. The van der Waals surface area contributed by atoms with E-state index in [4.69, 9.17) is 4.74 Å². The van der Waals surface area contributed by atoms with Crippen LogP contribution < -0.4 is 0 Å². The highest BCUT2D eigenvalue weighted by atomic mass is 16.5. The number of phenols is 2. The van der Waals surface area contributed by atoms with Crippen LogP contribution in [0.2, 0.25) is 0 Å². The van der Waals surface area contributed by atoms with Crippen molar-refractivity contribution in [3.63, 3.8) is 0 Å². The number of rotatable bonds is 4. The molecule has 6 rings (SSSR count). The normalized spacial score (nSPS) is 45.2. The van der Waals surface area contributed by atoms with Crippen LogP contribution in [0, 0.1) is 56.7 Å². The molecule has 0 aromatic heterocycles. The van der Waals surface area contributed by atoms with Crippen molar-refractivity contribution in [2.24, 2.45) is 56.7 Å². The van der Waals surface area contributed by atoms with Gasteiger partial charge in [0.1, 0.15) is 6.10 Å². The Kier molecular flexibility index (Phi) is 6.51. The van der Waals surface area contributed by atoms with Gasteiger partial charge in [-0.2, -0.15) is 0 Å². The van der Waals surface area contributed by atoms with E-state index in [-0.39, 0.29) is 56.7 Å². The number of hydrogen-bond donors (Lipinski definition) is 3. The van der Waals surface area contributed by atoms with Crippen LogP contribution in [0.3, 0.4) is 0 Å². The number of carboxylic acids is 1. The van der Waals surface area contributed by atoms with Gasteiger partial charge >= 0.3 is 11.9 Å². The largest absolute Gasteiger partial charge is 0.504 e. The van der Waals surface area contributed by atoms with Crippen molar-refractivity contribution < 1.29 is 29.6 Å². The van der Waals surface area contributed by atoms with Gasteiger partial charge in [0.05, 0.1) is 11.0 Å². The highest BCUT2D eigenvalue weighted by Gasteiger charge is 2.73. The Morgan fingerprint density at radius 1 is 0.881 bits per heavy atom. The predicted octanol–water partition coefficient (Wildman–Crippen LogP) is 7.98. The Labute approximate surface area is 250 Å². The number of carboxylic acid groups (broad SMARTS) is 1. The van der Waals surface area contributed by atoms with E-state index in [2.05, 4.69) is 48.1 Å². The van der Waals surface area contributed by atoms with Crippen LogP contribution in [0.5, 0.6) is 11.5 Å². The lowest BCUT2D eigenvalue weighted by molar-refractivity contribution is -0.221. The lowest BCUT2D eigenvalue weighted by atomic mass is 9.34. The maximum Gasteiger partial charge on any atom is 0.338 e. The summed E-state index contributed by atoms with van der Waals surface area (Å²) in [6.07, 6.45) is 8.32. The number of fused-ring (bicyclic) bond motifs is 7. The maximum absolute atomic E-state index is 13.3. The van der Waals surface area contributed by atoms with Gasteiger partial charge in [-0.05, 0) is 129 Å². The number of benzene rings is 1. The van der Waals surface area contributed by atoms with Crippen LogP contribution in [-0.4, -0.2) is 33.4 Å². The average Bonchev–Trinajstić information content (AvgIpc) is 3.40. The van der Waals surface area contributed by atoms with E-state index >= 15 is 0 Å². The first kappa shape index (κ1) is 29.6. The van der Waals surface area contributed by atoms with Crippen LogP contribution >= 0.6 is 0 Å². The molecule has 0 radical (unpaired) electrons. The average molecular weight is 579 g/mol. The third kappa shape index (κ3) is 3.68. The molecule has 1 aromatic carbocycles. The lowest BCUT2D eigenvalue weighted by Gasteiger charge is -2.70. The zero-order valence-electron chi connectivity index (χ0n) is 26.3. The van der Waals surface area contributed by atoms with E-state index in [0.29, 0.717) is 17.8 Å². The van der Waals surface area contributed by atoms with Gasteiger partial charge in [0, 0.05) is 5.41 Å². The highest BCUT2D eigenvalue weighted by molar-refractivity contribution is 5.90. The van der Waals surface area contributed by atoms with Gasteiger partial charge in [0.2, 0.25) is 0 Å². The zero-order chi connectivity index (χ0) is 30.6. The van der Waals surface area contributed by atoms with E-state index in [1.807, 2.05) is 0 Å². The van der Waals surface area contributed by atoms with Gasteiger partial charge in [-0.15, -0.1) is 0 Å². The van der Waals surface area contributed by atoms with Gasteiger partial charge in [-0.25, -0.2) is 4.79 Å². The smallest absolute Gasteiger partial charge is 0.338 e. The third-order valence-corrected chi connectivity index (χ3v) is 14.6. The van der Waals surface area contributed by atoms with E-state index in [0.717, 1.165) is 63.4 Å². The molecule has 6 nitrogen and oxygen atoms in total. The molecule has 6 heteroatoms. The molecule has 42 heavy (non-hydrogen) atoms. The maximum atomic E-state index is 13.3. The van der Waals surface area contributed by atoms with Crippen molar-refractivity contribution in [3.8, 4) is 11.5 Å². The Bertz CT molecular complexity index is 1330. The summed E-state index contributed by atoms with van der Waals surface area (Å²) in [5.74, 6) is 0.0452. The number of ether oxygens (including phenoxy) is 1. The second-order valence-electron chi connectivity index (χ2n) is 16.3. The Balaban J connectivity index is 1.32. The van der Waals surface area contributed by atoms with Crippen molar-refractivity contribution in [1.82, 2.24) is 0 Å². The molecule has 3 N–H and O–H groups in total. The fraction of sp³-hybridized carbons (Fsp3) is 0.722. The number of aliphatic carboxylic acids is 1. The van der Waals surface area contributed by atoms with Crippen molar-refractivity contribution in [2.45, 2.75) is 105 Å². The topological polar surface area (TPSA) is 104 Å². The molecule has 5 aliphatic rings. The van der Waals surface area contributed by atoms with Crippen molar-refractivity contribution in [1.29, 1.82) is 0 Å². The molecule has 0 amide bonds. The summed E-state index contributed by atoms with van der Waals surface area (Å²) in [7, 11) is 0. The number of allylic oxidation sites excluding steroid dienone is 1. The predicted molar refractivity (Wildman–Crippen MR) is 161 cm³/mol. The Morgan fingerprint density at radius 3 is 2.24 bits per heavy atom. The number of carbonyl (C=O) groups excluding carboxylic acids is 1. The second-order valence-corrected chi connectivity index (χ2v) is 16.3. The summed E-state index contributed by atoms with van der Waals surface area (Å²) in [6, 6.07) is 4.09. The van der Waals surface area contributed by atoms with Crippen LogP contribution in [0.15, 0.2) is 30.4 Å². The number of phenolic OH excluding ortho intramolecular Hbond substituents is 2. The summed E-state index contributed by atoms with van der Waals surface area (Å²) < 4.78 is 6.24. The van der Waals surface area contributed by atoms with Crippen LogP contribution in [0.25, 0.3) is 0 Å². The van der Waals surface area contributed by atoms with Crippen LogP contribution in [0.1, 0.15) is 110 Å². The van der Waals surface area contributed by atoms with Crippen molar-refractivity contribution in [3.05, 3.63) is 35.9 Å². The fourth-order valence-electron chi connectivity index (χ4n) is 12.3. The molecule has 5 saturated carbocycles. The standard InChI is InChI=1S/C36H50O6/c1-20(2)22-12-15-36(31(40)41)17-16-34(6)23(29(22)36)9-11-27-33(5)19-28(32(3,4)26(33)13-14-35(27,34)7)42-30(39)21-8-10-24(37)25(38)18-21/h8,10,18,22-23,26-29,37-38H,1,9,11-17,19H2,2-7H3,(H,40,41)/t22?,23?,26?,27?,28-,29?,33?,34+,35+,36-/m0/s1. The molecule has 6 unspecified atom stereocenters. The van der Waals surface area contributed by atoms with E-state index < -0.39 is 17.4 Å². The van der Waals surface area contributed by atoms with Crippen LogP contribution in [-0.2, 0) is 9.53 Å². The number of hydrogen-bond acceptors (Lipinski definition) is 5. The number of carbonyl (C=O) groups is 2. The van der Waals surface area contributed by atoms with Crippen molar-refractivity contribution in [2.75, 3.05) is 0 Å². The molecule has 10 atom stereocenters. The zero-order valence-corrected chi connectivity index (χ0v) is 26.3. The molecular formula is C36H50O6. The monoisotopic (exact) mass is 578 g/mol. The minimum Gasteiger partial charge on any atom is -0.504 e. The molecule has 230 valence electrons. The first-order chi connectivity index (χ1) is 19.5. The van der Waals surface area contributed by atoms with Crippen molar-refractivity contribution >= 4 is 11.9 Å². The first-order valence-electron chi connectivity index (χ1n) is 16.1. The SMILES string of the molecule is C=C(C)C1CC[C@]2(C(=O)O)CC[C@]3(C)C(CCC4C5(C)C[C@H](OC(=O)c6ccc(O)c(O)c6)C(C)(C)C5CC[C@]43C)C12. The Morgan fingerprint density at radius 2 is 1.60 bits per heavy atom. The fourth-order valence-corrected chi connectivity index (χ4v) is 12.3. The molecule has 0 aliphatic heterocycles. The van der Waals surface area contributed by atoms with Crippen LogP contribution in [0.4, 0.5) is 0 Å².